The van der Waals surface area contributed by atoms with Crippen LogP contribution in [0.25, 0.3) is 21.5 Å². The van der Waals surface area contributed by atoms with E-state index in [0.717, 1.165) is 27.0 Å². The Morgan fingerprint density at radius 2 is 2.18 bits per heavy atom. The predicted octanol–water partition coefficient (Wildman–Crippen LogP) is 2.33. The molecule has 0 radical (unpaired) electrons. The molecule has 0 unspecified atom stereocenters. The molecule has 0 spiro atoms. The van der Waals surface area contributed by atoms with Gasteiger partial charge in [0.25, 0.3) is 0 Å². The van der Waals surface area contributed by atoms with Crippen LogP contribution in [0.4, 0.5) is 5.13 Å². The SMILES string of the molecule is NCc1ccc2[nH]c(-c3cnc(N)s3)cc2c1. The Bertz CT molecular complexity index is 668. The number of rotatable bonds is 2. The molecular formula is C12H12N4S. The van der Waals surface area contributed by atoms with Crippen molar-refractivity contribution in [3.05, 3.63) is 36.0 Å². The molecule has 0 aliphatic rings. The Balaban J connectivity index is 2.13. The number of hydrogen-bond acceptors (Lipinski definition) is 4. The molecule has 3 rings (SSSR count). The van der Waals surface area contributed by atoms with Crippen LogP contribution in [0, 0.1) is 0 Å². The lowest BCUT2D eigenvalue weighted by atomic mass is 10.1. The first-order valence-corrected chi connectivity index (χ1v) is 6.11. The summed E-state index contributed by atoms with van der Waals surface area (Å²) in [5.74, 6) is 0. The van der Waals surface area contributed by atoms with E-state index in [0.29, 0.717) is 11.7 Å². The van der Waals surface area contributed by atoms with Crippen LogP contribution < -0.4 is 11.5 Å². The van der Waals surface area contributed by atoms with Gasteiger partial charge in [-0.3, -0.25) is 0 Å². The Morgan fingerprint density at radius 1 is 1.29 bits per heavy atom. The summed E-state index contributed by atoms with van der Waals surface area (Å²) >= 11 is 1.48. The van der Waals surface area contributed by atoms with Gasteiger partial charge in [0.2, 0.25) is 0 Å². The fourth-order valence-corrected chi connectivity index (χ4v) is 2.51. The number of nitrogen functional groups attached to an aromatic ring is 1. The van der Waals surface area contributed by atoms with Crippen molar-refractivity contribution in [2.45, 2.75) is 6.54 Å². The van der Waals surface area contributed by atoms with Gasteiger partial charge in [0.15, 0.2) is 5.13 Å². The molecule has 0 bridgehead atoms. The molecule has 5 heteroatoms. The molecule has 3 aromatic rings. The van der Waals surface area contributed by atoms with Gasteiger partial charge in [-0.05, 0) is 23.8 Å². The zero-order valence-electron chi connectivity index (χ0n) is 9.10. The third kappa shape index (κ3) is 1.79. The van der Waals surface area contributed by atoms with Crippen molar-refractivity contribution >= 4 is 27.4 Å². The van der Waals surface area contributed by atoms with Gasteiger partial charge in [0, 0.05) is 23.6 Å². The van der Waals surface area contributed by atoms with E-state index in [4.69, 9.17) is 11.5 Å². The molecule has 5 N–H and O–H groups in total. The number of nitrogens with two attached hydrogens (primary N) is 2. The van der Waals surface area contributed by atoms with Crippen molar-refractivity contribution in [1.29, 1.82) is 0 Å². The zero-order chi connectivity index (χ0) is 11.8. The Hall–Kier alpha value is -1.85. The number of aromatic amines is 1. The smallest absolute Gasteiger partial charge is 0.180 e. The van der Waals surface area contributed by atoms with Crippen molar-refractivity contribution in [3.8, 4) is 10.6 Å². The largest absolute Gasteiger partial charge is 0.375 e. The Morgan fingerprint density at radius 3 is 2.88 bits per heavy atom. The van der Waals surface area contributed by atoms with Crippen molar-refractivity contribution in [2.24, 2.45) is 5.73 Å². The van der Waals surface area contributed by atoms with Crippen LogP contribution in [0.5, 0.6) is 0 Å². The van der Waals surface area contributed by atoms with Gasteiger partial charge >= 0.3 is 0 Å². The lowest BCUT2D eigenvalue weighted by molar-refractivity contribution is 1.08. The van der Waals surface area contributed by atoms with E-state index in [1.165, 1.54) is 11.3 Å². The Labute approximate surface area is 102 Å². The van der Waals surface area contributed by atoms with E-state index in [-0.39, 0.29) is 0 Å². The summed E-state index contributed by atoms with van der Waals surface area (Å²) in [7, 11) is 0. The van der Waals surface area contributed by atoms with Crippen LogP contribution >= 0.6 is 11.3 Å². The van der Waals surface area contributed by atoms with Gasteiger partial charge in [0.05, 0.1) is 10.6 Å². The van der Waals surface area contributed by atoms with E-state index < -0.39 is 0 Å². The van der Waals surface area contributed by atoms with E-state index in [1.54, 1.807) is 6.20 Å². The fraction of sp³-hybridized carbons (Fsp3) is 0.0833. The molecule has 0 fully saturated rings. The minimum Gasteiger partial charge on any atom is -0.375 e. The maximum absolute atomic E-state index is 5.63. The highest BCUT2D eigenvalue weighted by Crippen LogP contribution is 2.29. The first-order chi connectivity index (χ1) is 8.26. The van der Waals surface area contributed by atoms with Crippen molar-refractivity contribution < 1.29 is 0 Å². The summed E-state index contributed by atoms with van der Waals surface area (Å²) in [6, 6.07) is 8.27. The van der Waals surface area contributed by atoms with E-state index in [9.17, 15) is 0 Å². The van der Waals surface area contributed by atoms with Crippen LogP contribution in [-0.2, 0) is 6.54 Å². The molecule has 1 aromatic carbocycles. The molecule has 0 saturated heterocycles. The third-order valence-corrected chi connectivity index (χ3v) is 3.57. The number of fused-ring (bicyclic) bond motifs is 1. The monoisotopic (exact) mass is 244 g/mol. The molecule has 4 nitrogen and oxygen atoms in total. The number of H-pyrrole nitrogens is 1. The topological polar surface area (TPSA) is 80.7 Å². The predicted molar refractivity (Wildman–Crippen MR) is 71.7 cm³/mol. The van der Waals surface area contributed by atoms with Gasteiger partial charge in [-0.25, -0.2) is 4.98 Å². The number of hydrogen-bond donors (Lipinski definition) is 3. The average Bonchev–Trinajstić information content (AvgIpc) is 2.93. The minimum atomic E-state index is 0.559. The zero-order valence-corrected chi connectivity index (χ0v) is 9.92. The second kappa shape index (κ2) is 3.87. The molecule has 2 aromatic heterocycles. The number of aromatic nitrogens is 2. The van der Waals surface area contributed by atoms with Crippen molar-refractivity contribution in [3.63, 3.8) is 0 Å². The summed E-state index contributed by atoms with van der Waals surface area (Å²) in [5, 5.41) is 1.75. The third-order valence-electron chi connectivity index (χ3n) is 2.71. The first kappa shape index (κ1) is 10.3. The highest BCUT2D eigenvalue weighted by Gasteiger charge is 2.06. The van der Waals surface area contributed by atoms with Gasteiger partial charge in [-0.2, -0.15) is 0 Å². The molecule has 0 aliphatic carbocycles. The summed E-state index contributed by atoms with van der Waals surface area (Å²) in [4.78, 5) is 8.45. The van der Waals surface area contributed by atoms with Crippen LogP contribution in [0.2, 0.25) is 0 Å². The number of nitrogens with one attached hydrogen (secondary N) is 1. The highest BCUT2D eigenvalue weighted by molar-refractivity contribution is 7.18. The maximum Gasteiger partial charge on any atom is 0.180 e. The number of anilines is 1. The minimum absolute atomic E-state index is 0.559. The molecule has 0 amide bonds. The molecular weight excluding hydrogens is 232 g/mol. The number of nitrogens with zero attached hydrogens (tertiary/aromatic N) is 1. The molecule has 0 aliphatic heterocycles. The summed E-state index contributed by atoms with van der Waals surface area (Å²) in [6.07, 6.45) is 1.79. The van der Waals surface area contributed by atoms with Gasteiger partial charge in [-0.15, -0.1) is 0 Å². The number of thiazole rings is 1. The van der Waals surface area contributed by atoms with Crippen molar-refractivity contribution in [2.75, 3.05) is 5.73 Å². The first-order valence-electron chi connectivity index (χ1n) is 5.29. The molecule has 2 heterocycles. The lowest BCUT2D eigenvalue weighted by Crippen LogP contribution is -1.94. The van der Waals surface area contributed by atoms with Crippen LogP contribution in [-0.4, -0.2) is 9.97 Å². The van der Waals surface area contributed by atoms with Crippen LogP contribution in [0.3, 0.4) is 0 Å². The Kier molecular flexibility index (Phi) is 2.35. The van der Waals surface area contributed by atoms with Crippen LogP contribution in [0.1, 0.15) is 5.56 Å². The lowest BCUT2D eigenvalue weighted by Gasteiger charge is -1.94. The van der Waals surface area contributed by atoms with E-state index in [2.05, 4.69) is 22.1 Å². The molecule has 86 valence electrons. The summed E-state index contributed by atoms with van der Waals surface area (Å²) in [5.41, 5.74) is 14.5. The van der Waals surface area contributed by atoms with E-state index in [1.807, 2.05) is 12.1 Å². The summed E-state index contributed by atoms with van der Waals surface area (Å²) in [6.45, 7) is 0.559. The van der Waals surface area contributed by atoms with Crippen LogP contribution in [0.15, 0.2) is 30.5 Å². The molecule has 0 atom stereocenters. The average molecular weight is 244 g/mol. The normalized spacial score (nSPS) is 11.1. The second-order valence-corrected chi connectivity index (χ2v) is 4.93. The van der Waals surface area contributed by atoms with Gasteiger partial charge in [0.1, 0.15) is 0 Å². The van der Waals surface area contributed by atoms with Gasteiger partial charge < -0.3 is 16.5 Å². The number of benzene rings is 1. The molecule has 17 heavy (non-hydrogen) atoms. The molecule has 0 saturated carbocycles. The fourth-order valence-electron chi connectivity index (χ4n) is 1.85. The second-order valence-electron chi connectivity index (χ2n) is 3.87. The van der Waals surface area contributed by atoms with E-state index >= 15 is 0 Å². The quantitative estimate of drug-likeness (QED) is 0.647. The maximum atomic E-state index is 5.63. The standard InChI is InChI=1S/C12H12N4S/c13-5-7-1-2-9-8(3-7)4-10(16-9)11-6-15-12(14)17-11/h1-4,6,16H,5,13H2,(H2,14,15). The highest BCUT2D eigenvalue weighted by atomic mass is 32.1. The summed E-state index contributed by atoms with van der Waals surface area (Å²) < 4.78 is 0. The van der Waals surface area contributed by atoms with Crippen molar-refractivity contribution in [1.82, 2.24) is 9.97 Å². The van der Waals surface area contributed by atoms with Gasteiger partial charge in [-0.1, -0.05) is 17.4 Å².